The molecule has 6 nitrogen and oxygen atoms in total. The Morgan fingerprint density at radius 3 is 2.47 bits per heavy atom. The highest BCUT2D eigenvalue weighted by Gasteiger charge is 2.27. The zero-order valence-corrected chi connectivity index (χ0v) is 20.6. The zero-order chi connectivity index (χ0) is 24.1. The molecule has 0 atom stereocenters. The minimum absolute atomic E-state index is 0.133. The first-order chi connectivity index (χ1) is 16.3. The van der Waals surface area contributed by atoms with Crippen LogP contribution in [-0.4, -0.2) is 40.5 Å². The lowest BCUT2D eigenvalue weighted by molar-refractivity contribution is -0.119. The number of benzene rings is 3. The van der Waals surface area contributed by atoms with Crippen molar-refractivity contribution in [1.82, 2.24) is 5.32 Å². The summed E-state index contributed by atoms with van der Waals surface area (Å²) >= 11 is 5.99. The van der Waals surface area contributed by atoms with Crippen LogP contribution >= 0.6 is 11.6 Å². The van der Waals surface area contributed by atoms with Crippen LogP contribution in [0, 0.1) is 6.92 Å². The van der Waals surface area contributed by atoms with E-state index in [1.807, 2.05) is 13.0 Å². The van der Waals surface area contributed by atoms with Crippen molar-refractivity contribution < 1.29 is 13.2 Å². The number of sulfonamides is 1. The Morgan fingerprint density at radius 1 is 1.03 bits per heavy atom. The van der Waals surface area contributed by atoms with Crippen molar-refractivity contribution in [1.29, 1.82) is 0 Å². The summed E-state index contributed by atoms with van der Waals surface area (Å²) < 4.78 is 27.9. The van der Waals surface area contributed by atoms with Gasteiger partial charge in [-0.05, 0) is 67.8 Å². The summed E-state index contributed by atoms with van der Waals surface area (Å²) in [5.74, 6) is -0.354. The van der Waals surface area contributed by atoms with Gasteiger partial charge in [0.1, 0.15) is 6.54 Å². The lowest BCUT2D eigenvalue weighted by Crippen LogP contribution is -2.41. The number of carbonyl (C=O) groups is 1. The van der Waals surface area contributed by atoms with Crippen LogP contribution in [0.1, 0.15) is 17.5 Å². The molecular weight excluding hydrogens is 470 g/mol. The highest BCUT2D eigenvalue weighted by atomic mass is 35.5. The molecule has 0 radical (unpaired) electrons. The van der Waals surface area contributed by atoms with Crippen molar-refractivity contribution in [2.45, 2.75) is 24.7 Å². The van der Waals surface area contributed by atoms with Crippen molar-refractivity contribution in [3.8, 4) is 0 Å². The molecule has 0 aromatic heterocycles. The van der Waals surface area contributed by atoms with Crippen LogP contribution in [0.2, 0.25) is 5.02 Å². The first-order valence-corrected chi connectivity index (χ1v) is 13.1. The molecular formula is C26H28ClN3O3S. The summed E-state index contributed by atoms with van der Waals surface area (Å²) in [6.07, 6.45) is 1.81. The van der Waals surface area contributed by atoms with Gasteiger partial charge >= 0.3 is 0 Å². The van der Waals surface area contributed by atoms with Crippen LogP contribution in [0.5, 0.6) is 0 Å². The number of hydrogen-bond donors (Lipinski definition) is 1. The SMILES string of the molecule is Cc1ccc(S(=O)(=O)N(CC(=O)NCCCN2CCc3ccccc32)c2ccc(Cl)cc2)cc1. The fraction of sp³-hybridized carbons (Fsp3) is 0.269. The molecule has 1 heterocycles. The Morgan fingerprint density at radius 2 is 1.74 bits per heavy atom. The molecule has 0 aliphatic carbocycles. The van der Waals surface area contributed by atoms with Crippen molar-refractivity contribution in [2.75, 3.05) is 35.4 Å². The van der Waals surface area contributed by atoms with Crippen LogP contribution in [0.15, 0.2) is 77.7 Å². The average Bonchev–Trinajstić information content (AvgIpc) is 3.24. The van der Waals surface area contributed by atoms with Gasteiger partial charge in [-0.2, -0.15) is 0 Å². The van der Waals surface area contributed by atoms with Crippen molar-refractivity contribution in [3.05, 3.63) is 88.9 Å². The summed E-state index contributed by atoms with van der Waals surface area (Å²) in [4.78, 5) is 15.2. The standard InChI is InChI=1S/C26H28ClN3O3S/c1-20-7-13-24(14-8-20)34(32,33)30(23-11-9-22(27)10-12-23)19-26(31)28-16-4-17-29-18-15-21-5-2-3-6-25(21)29/h2-3,5-14H,4,15-19H2,1H3,(H,28,31). The van der Waals surface area contributed by atoms with E-state index < -0.39 is 10.0 Å². The van der Waals surface area contributed by atoms with Crippen LogP contribution in [0.25, 0.3) is 0 Å². The molecule has 3 aromatic carbocycles. The van der Waals surface area contributed by atoms with Crippen LogP contribution in [-0.2, 0) is 21.2 Å². The highest BCUT2D eigenvalue weighted by Crippen LogP contribution is 2.27. The molecule has 0 saturated heterocycles. The van der Waals surface area contributed by atoms with Crippen LogP contribution in [0.4, 0.5) is 11.4 Å². The maximum atomic E-state index is 13.4. The van der Waals surface area contributed by atoms with E-state index in [2.05, 4.69) is 28.4 Å². The highest BCUT2D eigenvalue weighted by molar-refractivity contribution is 7.92. The minimum atomic E-state index is -3.93. The van der Waals surface area contributed by atoms with E-state index in [0.717, 1.165) is 35.8 Å². The first kappa shape index (κ1) is 24.1. The smallest absolute Gasteiger partial charge is 0.264 e. The van der Waals surface area contributed by atoms with E-state index in [9.17, 15) is 13.2 Å². The predicted octanol–water partition coefficient (Wildman–Crippen LogP) is 4.41. The third-order valence-electron chi connectivity index (χ3n) is 5.92. The molecule has 1 aliphatic heterocycles. The van der Waals surface area contributed by atoms with Gasteiger partial charge in [0, 0.05) is 30.3 Å². The molecule has 4 rings (SSSR count). The van der Waals surface area contributed by atoms with Crippen molar-refractivity contribution in [2.24, 2.45) is 0 Å². The number of amides is 1. The number of nitrogens with one attached hydrogen (secondary N) is 1. The van der Waals surface area contributed by atoms with E-state index in [-0.39, 0.29) is 17.3 Å². The molecule has 34 heavy (non-hydrogen) atoms. The average molecular weight is 498 g/mol. The maximum absolute atomic E-state index is 13.4. The van der Waals surface area contributed by atoms with Gasteiger partial charge in [0.05, 0.1) is 10.6 Å². The van der Waals surface area contributed by atoms with Gasteiger partial charge in [-0.15, -0.1) is 0 Å². The van der Waals surface area contributed by atoms with Gasteiger partial charge in [0.2, 0.25) is 5.91 Å². The Kier molecular flexibility index (Phi) is 7.44. The summed E-state index contributed by atoms with van der Waals surface area (Å²) in [6, 6.07) is 21.4. The Hall–Kier alpha value is -3.03. The summed E-state index contributed by atoms with van der Waals surface area (Å²) in [5, 5.41) is 3.37. The van der Waals surface area contributed by atoms with Gasteiger partial charge < -0.3 is 10.2 Å². The number of hydrogen-bond acceptors (Lipinski definition) is 4. The molecule has 0 saturated carbocycles. The normalized spacial score (nSPS) is 12.9. The predicted molar refractivity (Wildman–Crippen MR) is 137 cm³/mol. The fourth-order valence-corrected chi connectivity index (χ4v) is 5.63. The van der Waals surface area contributed by atoms with Crippen molar-refractivity contribution >= 4 is 38.9 Å². The molecule has 1 N–H and O–H groups in total. The quantitative estimate of drug-likeness (QED) is 0.444. The second kappa shape index (κ2) is 10.5. The number of anilines is 2. The molecule has 3 aromatic rings. The van der Waals surface area contributed by atoms with Gasteiger partial charge in [-0.25, -0.2) is 8.42 Å². The zero-order valence-electron chi connectivity index (χ0n) is 19.1. The molecule has 1 aliphatic rings. The lowest BCUT2D eigenvalue weighted by Gasteiger charge is -2.24. The van der Waals surface area contributed by atoms with Crippen LogP contribution < -0.4 is 14.5 Å². The molecule has 178 valence electrons. The summed E-state index contributed by atoms with van der Waals surface area (Å²) in [5.41, 5.74) is 3.95. The van der Waals surface area contributed by atoms with Gasteiger partial charge in [-0.3, -0.25) is 9.10 Å². The molecule has 0 unspecified atom stereocenters. The van der Waals surface area contributed by atoms with Crippen LogP contribution in [0.3, 0.4) is 0 Å². The molecule has 8 heteroatoms. The number of nitrogens with zero attached hydrogens (tertiary/aromatic N) is 2. The third-order valence-corrected chi connectivity index (χ3v) is 7.96. The van der Waals surface area contributed by atoms with Gasteiger partial charge in [-0.1, -0.05) is 47.5 Å². The number of halogens is 1. The third kappa shape index (κ3) is 5.54. The topological polar surface area (TPSA) is 69.7 Å². The second-order valence-corrected chi connectivity index (χ2v) is 10.7. The first-order valence-electron chi connectivity index (χ1n) is 11.3. The molecule has 0 bridgehead atoms. The van der Waals surface area contributed by atoms with E-state index in [1.54, 1.807) is 48.5 Å². The van der Waals surface area contributed by atoms with E-state index >= 15 is 0 Å². The Bertz CT molecular complexity index is 1250. The van der Waals surface area contributed by atoms with E-state index in [4.69, 9.17) is 11.6 Å². The fourth-order valence-electron chi connectivity index (χ4n) is 4.08. The Balaban J connectivity index is 1.40. The largest absolute Gasteiger partial charge is 0.371 e. The molecule has 0 fully saturated rings. The molecule has 0 spiro atoms. The number of rotatable bonds is 9. The number of fused-ring (bicyclic) bond motifs is 1. The van der Waals surface area contributed by atoms with E-state index in [1.165, 1.54) is 11.3 Å². The van der Waals surface area contributed by atoms with Gasteiger partial charge in [0.15, 0.2) is 0 Å². The number of aryl methyl sites for hydroxylation is 1. The summed E-state index contributed by atoms with van der Waals surface area (Å²) in [6.45, 7) is 3.86. The van der Waals surface area contributed by atoms with E-state index in [0.29, 0.717) is 17.3 Å². The number of para-hydroxylation sites is 1. The number of carbonyl (C=O) groups excluding carboxylic acids is 1. The minimum Gasteiger partial charge on any atom is -0.371 e. The monoisotopic (exact) mass is 497 g/mol. The van der Waals surface area contributed by atoms with Gasteiger partial charge in [0.25, 0.3) is 10.0 Å². The lowest BCUT2D eigenvalue weighted by atomic mass is 10.2. The van der Waals surface area contributed by atoms with Crippen molar-refractivity contribution in [3.63, 3.8) is 0 Å². The maximum Gasteiger partial charge on any atom is 0.264 e. The second-order valence-electron chi connectivity index (χ2n) is 8.37. The summed E-state index contributed by atoms with van der Waals surface area (Å²) in [7, 11) is -3.93. The molecule has 1 amide bonds. The Labute approximate surface area is 206 Å².